The third kappa shape index (κ3) is 3.07. The molecule has 2 N–H and O–H groups in total. The first-order valence-electron chi connectivity index (χ1n) is 8.96. The van der Waals surface area contributed by atoms with Gasteiger partial charge in [0.25, 0.3) is 11.8 Å². The van der Waals surface area contributed by atoms with Gasteiger partial charge in [-0.25, -0.2) is 4.99 Å². The molecule has 0 unspecified atom stereocenters. The summed E-state index contributed by atoms with van der Waals surface area (Å²) >= 11 is 0. The van der Waals surface area contributed by atoms with Crippen LogP contribution in [0.5, 0.6) is 0 Å². The fraction of sp³-hybridized carbons (Fsp3) is 0.368. The lowest BCUT2D eigenvalue weighted by Crippen LogP contribution is -2.50. The van der Waals surface area contributed by atoms with E-state index in [1.165, 1.54) is 0 Å². The van der Waals surface area contributed by atoms with Gasteiger partial charge in [-0.05, 0) is 36.6 Å². The lowest BCUT2D eigenvalue weighted by molar-refractivity contribution is -0.125. The summed E-state index contributed by atoms with van der Waals surface area (Å²) in [6, 6.07) is 9.35. The predicted molar refractivity (Wildman–Crippen MR) is 101 cm³/mol. The molecule has 4 rings (SSSR count). The molecule has 1 aromatic heterocycles. The van der Waals surface area contributed by atoms with Crippen molar-refractivity contribution >= 4 is 17.8 Å². The monoisotopic (exact) mass is 366 g/mol. The number of likely N-dealkylation sites (tertiary alicyclic amines) is 1. The molecule has 140 valence electrons. The Bertz CT molecular complexity index is 877. The lowest BCUT2D eigenvalue weighted by atomic mass is 9.87. The summed E-state index contributed by atoms with van der Waals surface area (Å²) in [5, 5.41) is 9.68. The van der Waals surface area contributed by atoms with Crippen LogP contribution in [0.2, 0.25) is 0 Å². The zero-order chi connectivity index (χ0) is 19.0. The Labute approximate surface area is 157 Å². The Morgan fingerprint density at radius 2 is 1.85 bits per heavy atom. The van der Waals surface area contributed by atoms with E-state index >= 15 is 0 Å². The zero-order valence-corrected chi connectivity index (χ0v) is 15.4. The van der Waals surface area contributed by atoms with E-state index in [1.54, 1.807) is 16.0 Å². The van der Waals surface area contributed by atoms with Crippen molar-refractivity contribution in [3.05, 3.63) is 42.1 Å². The number of aromatic nitrogens is 2. The van der Waals surface area contributed by atoms with Gasteiger partial charge >= 0.3 is 0 Å². The molecule has 2 aromatic rings. The molecule has 1 saturated heterocycles. The van der Waals surface area contributed by atoms with Gasteiger partial charge in [0.1, 0.15) is 5.54 Å². The fourth-order valence-corrected chi connectivity index (χ4v) is 3.52. The van der Waals surface area contributed by atoms with Crippen LogP contribution in [-0.4, -0.2) is 70.5 Å². The van der Waals surface area contributed by atoms with Gasteiger partial charge in [0, 0.05) is 38.9 Å². The van der Waals surface area contributed by atoms with E-state index in [1.807, 2.05) is 44.4 Å². The summed E-state index contributed by atoms with van der Waals surface area (Å²) in [5.41, 5.74) is 1.80. The molecule has 0 atom stereocenters. The number of aromatic amines is 1. The van der Waals surface area contributed by atoms with Crippen molar-refractivity contribution in [1.29, 1.82) is 0 Å². The molecular formula is C19H22N6O2. The van der Waals surface area contributed by atoms with Crippen LogP contribution in [0.1, 0.15) is 23.2 Å². The number of carbonyl (C=O) groups is 2. The number of guanidine groups is 1. The summed E-state index contributed by atoms with van der Waals surface area (Å²) in [4.78, 5) is 33.4. The van der Waals surface area contributed by atoms with Gasteiger partial charge in [0.2, 0.25) is 5.96 Å². The number of piperidine rings is 1. The number of amides is 2. The van der Waals surface area contributed by atoms with Crippen molar-refractivity contribution in [2.75, 3.05) is 27.2 Å². The Morgan fingerprint density at radius 3 is 2.41 bits per heavy atom. The highest BCUT2D eigenvalue weighted by molar-refractivity contribution is 6.07. The van der Waals surface area contributed by atoms with E-state index in [2.05, 4.69) is 20.5 Å². The van der Waals surface area contributed by atoms with E-state index in [0.717, 1.165) is 11.3 Å². The van der Waals surface area contributed by atoms with Crippen LogP contribution in [0.25, 0.3) is 11.3 Å². The molecule has 0 radical (unpaired) electrons. The second-order valence-corrected chi connectivity index (χ2v) is 7.16. The predicted octanol–water partition coefficient (Wildman–Crippen LogP) is 1.10. The Balaban J connectivity index is 1.44. The Kier molecular flexibility index (Phi) is 4.18. The van der Waals surface area contributed by atoms with Crippen molar-refractivity contribution in [1.82, 2.24) is 25.3 Å². The zero-order valence-electron chi connectivity index (χ0n) is 15.4. The number of aliphatic imine (C=N–C) groups is 1. The Morgan fingerprint density at radius 1 is 1.15 bits per heavy atom. The molecule has 0 aliphatic carbocycles. The standard InChI is InChI=1S/C19H22N6O2/c1-24(2)18-21-17(27)19(22-18)8-11-25(12-9-19)16(26)14-5-3-13(4-6-14)15-7-10-20-23-15/h3-7,10H,8-9,11-12H2,1-2H3,(H,20,23)(H,21,22,27). The first-order chi connectivity index (χ1) is 13.0. The van der Waals surface area contributed by atoms with Crippen LogP contribution in [-0.2, 0) is 4.79 Å². The van der Waals surface area contributed by atoms with Crippen LogP contribution in [0.4, 0.5) is 0 Å². The molecule has 8 heteroatoms. The molecule has 2 amide bonds. The highest BCUT2D eigenvalue weighted by Gasteiger charge is 2.46. The van der Waals surface area contributed by atoms with Crippen LogP contribution in [0.3, 0.4) is 0 Å². The number of benzene rings is 1. The molecule has 1 fully saturated rings. The van der Waals surface area contributed by atoms with Gasteiger partial charge in [-0.15, -0.1) is 0 Å². The van der Waals surface area contributed by atoms with E-state index in [0.29, 0.717) is 37.5 Å². The molecule has 0 saturated carbocycles. The minimum absolute atomic E-state index is 0.0174. The maximum atomic E-state index is 12.8. The number of hydrogen-bond donors (Lipinski definition) is 2. The van der Waals surface area contributed by atoms with E-state index in [9.17, 15) is 9.59 Å². The number of hydrogen-bond acceptors (Lipinski definition) is 5. The van der Waals surface area contributed by atoms with Crippen molar-refractivity contribution in [2.45, 2.75) is 18.4 Å². The minimum atomic E-state index is -0.735. The van der Waals surface area contributed by atoms with Crippen molar-refractivity contribution in [2.24, 2.45) is 4.99 Å². The molecule has 1 aromatic carbocycles. The molecule has 0 bridgehead atoms. The van der Waals surface area contributed by atoms with Gasteiger partial charge in [0.15, 0.2) is 0 Å². The number of nitrogens with zero attached hydrogens (tertiary/aromatic N) is 4. The van der Waals surface area contributed by atoms with E-state index < -0.39 is 5.54 Å². The number of H-pyrrole nitrogens is 1. The van der Waals surface area contributed by atoms with Gasteiger partial charge in [-0.1, -0.05) is 12.1 Å². The van der Waals surface area contributed by atoms with Crippen molar-refractivity contribution < 1.29 is 9.59 Å². The molecule has 2 aliphatic rings. The van der Waals surface area contributed by atoms with Crippen molar-refractivity contribution in [3.63, 3.8) is 0 Å². The van der Waals surface area contributed by atoms with Gasteiger partial charge < -0.3 is 9.80 Å². The average Bonchev–Trinajstić information content (AvgIpc) is 3.32. The highest BCUT2D eigenvalue weighted by Crippen LogP contribution is 2.31. The van der Waals surface area contributed by atoms with Gasteiger partial charge in [0.05, 0.1) is 5.69 Å². The summed E-state index contributed by atoms with van der Waals surface area (Å²) in [6.45, 7) is 1.03. The third-order valence-corrected chi connectivity index (χ3v) is 5.21. The largest absolute Gasteiger partial charge is 0.349 e. The Hall–Kier alpha value is -3.16. The maximum absolute atomic E-state index is 12.8. The SMILES string of the molecule is CN(C)C1=NC2(CCN(C(=O)c3ccc(-c4ccn[nH]4)cc3)CC2)C(=O)N1. The van der Waals surface area contributed by atoms with Crippen LogP contribution >= 0.6 is 0 Å². The number of carbonyl (C=O) groups excluding carboxylic acids is 2. The van der Waals surface area contributed by atoms with Crippen molar-refractivity contribution in [3.8, 4) is 11.3 Å². The molecule has 1 spiro atoms. The van der Waals surface area contributed by atoms with Crippen LogP contribution < -0.4 is 5.32 Å². The molecule has 2 aliphatic heterocycles. The lowest BCUT2D eigenvalue weighted by Gasteiger charge is -2.35. The second-order valence-electron chi connectivity index (χ2n) is 7.16. The topological polar surface area (TPSA) is 93.7 Å². The normalized spacial score (nSPS) is 18.4. The molecule has 8 nitrogen and oxygen atoms in total. The van der Waals surface area contributed by atoms with Crippen LogP contribution in [0, 0.1) is 0 Å². The average molecular weight is 366 g/mol. The number of nitrogens with one attached hydrogen (secondary N) is 2. The smallest absolute Gasteiger partial charge is 0.254 e. The van der Waals surface area contributed by atoms with Gasteiger partial charge in [-0.2, -0.15) is 5.10 Å². The summed E-state index contributed by atoms with van der Waals surface area (Å²) < 4.78 is 0. The molecular weight excluding hydrogens is 344 g/mol. The first-order valence-corrected chi connectivity index (χ1v) is 8.96. The maximum Gasteiger partial charge on any atom is 0.254 e. The van der Waals surface area contributed by atoms with E-state index in [4.69, 9.17) is 0 Å². The summed E-state index contributed by atoms with van der Waals surface area (Å²) in [6.07, 6.45) is 2.77. The first kappa shape index (κ1) is 17.3. The highest BCUT2D eigenvalue weighted by atomic mass is 16.2. The van der Waals surface area contributed by atoms with E-state index in [-0.39, 0.29) is 11.8 Å². The number of rotatable bonds is 2. The summed E-state index contributed by atoms with van der Waals surface area (Å²) in [7, 11) is 3.70. The quantitative estimate of drug-likeness (QED) is 0.832. The van der Waals surface area contributed by atoms with Gasteiger partial charge in [-0.3, -0.25) is 20.0 Å². The fourth-order valence-electron chi connectivity index (χ4n) is 3.52. The third-order valence-electron chi connectivity index (χ3n) is 5.21. The minimum Gasteiger partial charge on any atom is -0.349 e. The molecule has 27 heavy (non-hydrogen) atoms. The second kappa shape index (κ2) is 6.53. The van der Waals surface area contributed by atoms with Crippen LogP contribution in [0.15, 0.2) is 41.5 Å². The summed E-state index contributed by atoms with van der Waals surface area (Å²) in [5.74, 6) is 0.507. The molecule has 3 heterocycles.